The highest BCUT2D eigenvalue weighted by Crippen LogP contribution is 2.35. The van der Waals surface area contributed by atoms with Gasteiger partial charge in [0.1, 0.15) is 12.1 Å². The van der Waals surface area contributed by atoms with Crippen molar-refractivity contribution in [2.45, 2.75) is 31.7 Å². The van der Waals surface area contributed by atoms with Gasteiger partial charge < -0.3 is 25.2 Å². The number of nitrogens with one attached hydrogen (secondary N) is 2. The Morgan fingerprint density at radius 2 is 2.05 bits per heavy atom. The van der Waals surface area contributed by atoms with E-state index in [-0.39, 0.29) is 30.7 Å². The van der Waals surface area contributed by atoms with Crippen LogP contribution in [0.2, 0.25) is 0 Å². The topological polar surface area (TPSA) is 122 Å². The van der Waals surface area contributed by atoms with Crippen LogP contribution >= 0.6 is 11.3 Å². The van der Waals surface area contributed by atoms with Crippen LogP contribution in [-0.2, 0) is 11.2 Å². The van der Waals surface area contributed by atoms with Crippen molar-refractivity contribution >= 4 is 44.8 Å². The lowest BCUT2D eigenvalue weighted by atomic mass is 10.2. The third kappa shape index (κ3) is 7.04. The minimum absolute atomic E-state index is 0.00972. The van der Waals surface area contributed by atoms with Gasteiger partial charge in [-0.15, -0.1) is 11.3 Å². The number of likely N-dealkylation sites (tertiary alicyclic amines) is 1. The monoisotopic (exact) mass is 584 g/mol. The lowest BCUT2D eigenvalue weighted by Gasteiger charge is -2.22. The number of amides is 1. The number of methoxy groups -OCH3 is 1. The number of hydrogen-bond acceptors (Lipinski definition) is 10. The summed E-state index contributed by atoms with van der Waals surface area (Å²) in [5.74, 6) is -0.772. The van der Waals surface area contributed by atoms with E-state index in [4.69, 9.17) is 9.47 Å². The van der Waals surface area contributed by atoms with Crippen molar-refractivity contribution in [1.82, 2.24) is 19.9 Å². The van der Waals surface area contributed by atoms with Gasteiger partial charge in [0.15, 0.2) is 28.3 Å². The van der Waals surface area contributed by atoms with Crippen molar-refractivity contribution in [2.75, 3.05) is 44.0 Å². The third-order valence-electron chi connectivity index (χ3n) is 6.79. The molecular weight excluding hydrogens is 554 g/mol. The quantitative estimate of drug-likeness (QED) is 0.206. The summed E-state index contributed by atoms with van der Waals surface area (Å²) in [5, 5.41) is 16.5. The number of halogens is 2. The van der Waals surface area contributed by atoms with E-state index in [1.165, 1.54) is 23.7 Å². The average Bonchev–Trinajstić information content (AvgIpc) is 3.61. The van der Waals surface area contributed by atoms with E-state index in [0.717, 1.165) is 44.5 Å². The number of carbonyl (C=O) groups excluding carboxylic acids is 1. The second-order valence-corrected chi connectivity index (χ2v) is 10.7. The summed E-state index contributed by atoms with van der Waals surface area (Å²) in [6.07, 6.45) is 5.97. The summed E-state index contributed by atoms with van der Waals surface area (Å²) in [7, 11) is 1.57. The Bertz CT molecular complexity index is 1520. The summed E-state index contributed by atoms with van der Waals surface area (Å²) in [6, 6.07) is 7.04. The minimum atomic E-state index is -1.03. The number of benzene rings is 2. The Morgan fingerprint density at radius 3 is 2.85 bits per heavy atom. The molecule has 1 fully saturated rings. The van der Waals surface area contributed by atoms with Crippen LogP contribution in [0.15, 0.2) is 42.9 Å². The number of carbonyl (C=O) groups is 1. The SMILES string of the molecule is COc1cc2c(Nc3ncc(CC(=O)Nc4ccc(F)c(F)c4)s3)ncnc2cc1OCCCN1CCC[C@H]1CO. The highest BCUT2D eigenvalue weighted by molar-refractivity contribution is 7.15. The van der Waals surface area contributed by atoms with Gasteiger partial charge in [-0.1, -0.05) is 0 Å². The first-order valence-corrected chi connectivity index (χ1v) is 14.0. The number of rotatable bonds is 12. The zero-order chi connectivity index (χ0) is 28.8. The van der Waals surface area contributed by atoms with E-state index in [0.29, 0.717) is 44.8 Å². The molecule has 0 spiro atoms. The fraction of sp³-hybridized carbons (Fsp3) is 0.357. The van der Waals surface area contributed by atoms with Crippen molar-refractivity contribution in [2.24, 2.45) is 0 Å². The van der Waals surface area contributed by atoms with E-state index < -0.39 is 11.6 Å². The molecule has 10 nitrogen and oxygen atoms in total. The lowest BCUT2D eigenvalue weighted by Crippen LogP contribution is -2.33. The van der Waals surface area contributed by atoms with Crippen molar-refractivity contribution in [3.05, 3.63) is 59.4 Å². The summed E-state index contributed by atoms with van der Waals surface area (Å²) in [5.41, 5.74) is 0.823. The maximum atomic E-state index is 13.4. The molecule has 0 unspecified atom stereocenters. The Kier molecular flexibility index (Phi) is 9.17. The summed E-state index contributed by atoms with van der Waals surface area (Å²) in [4.78, 5) is 28.4. The number of aliphatic hydroxyl groups excluding tert-OH is 1. The number of ether oxygens (including phenoxy) is 2. The highest BCUT2D eigenvalue weighted by atomic mass is 32.1. The maximum absolute atomic E-state index is 13.4. The van der Waals surface area contributed by atoms with E-state index >= 15 is 0 Å². The van der Waals surface area contributed by atoms with Gasteiger partial charge in [-0.25, -0.2) is 23.7 Å². The fourth-order valence-electron chi connectivity index (χ4n) is 4.77. The number of aromatic nitrogens is 3. The normalized spacial score (nSPS) is 15.3. The second kappa shape index (κ2) is 13.1. The molecule has 2 aromatic carbocycles. The molecular formula is C28H30F2N6O4S. The van der Waals surface area contributed by atoms with Crippen LogP contribution < -0.4 is 20.1 Å². The third-order valence-corrected chi connectivity index (χ3v) is 7.71. The summed E-state index contributed by atoms with van der Waals surface area (Å²) < 4.78 is 38.2. The summed E-state index contributed by atoms with van der Waals surface area (Å²) in [6.45, 7) is 2.55. The molecule has 1 aliphatic heterocycles. The van der Waals surface area contributed by atoms with Crippen LogP contribution in [0.1, 0.15) is 24.1 Å². The molecule has 1 amide bonds. The molecule has 0 radical (unpaired) electrons. The molecule has 1 atom stereocenters. The van der Waals surface area contributed by atoms with E-state index in [1.54, 1.807) is 19.4 Å². The lowest BCUT2D eigenvalue weighted by molar-refractivity contribution is -0.115. The summed E-state index contributed by atoms with van der Waals surface area (Å²) >= 11 is 1.27. The molecule has 5 rings (SSSR count). The number of fused-ring (bicyclic) bond motifs is 1. The van der Waals surface area contributed by atoms with Gasteiger partial charge in [0.05, 0.1) is 32.3 Å². The Morgan fingerprint density at radius 1 is 1.17 bits per heavy atom. The van der Waals surface area contributed by atoms with Crippen molar-refractivity contribution < 1.29 is 28.2 Å². The molecule has 216 valence electrons. The smallest absolute Gasteiger partial charge is 0.229 e. The first kappa shape index (κ1) is 28.6. The molecule has 0 aliphatic carbocycles. The van der Waals surface area contributed by atoms with Crippen LogP contribution in [0, 0.1) is 11.6 Å². The molecule has 0 bridgehead atoms. The highest BCUT2D eigenvalue weighted by Gasteiger charge is 2.23. The van der Waals surface area contributed by atoms with Crippen molar-refractivity contribution in [3.8, 4) is 11.5 Å². The van der Waals surface area contributed by atoms with Crippen LogP contribution in [-0.4, -0.2) is 70.3 Å². The van der Waals surface area contributed by atoms with Crippen molar-refractivity contribution in [1.29, 1.82) is 0 Å². The average molecular weight is 585 g/mol. The number of aliphatic hydroxyl groups is 1. The molecule has 1 aliphatic rings. The van der Waals surface area contributed by atoms with Gasteiger partial charge >= 0.3 is 0 Å². The van der Waals surface area contributed by atoms with Crippen LogP contribution in [0.25, 0.3) is 10.9 Å². The number of hydrogen-bond donors (Lipinski definition) is 3. The second-order valence-electron chi connectivity index (χ2n) is 9.57. The van der Waals surface area contributed by atoms with Crippen molar-refractivity contribution in [3.63, 3.8) is 0 Å². The Hall–Kier alpha value is -3.94. The van der Waals surface area contributed by atoms with E-state index in [2.05, 4.69) is 30.5 Å². The standard InChI is InChI=1S/C28H30F2N6O4S/c1-39-24-12-20-23(13-25(24)40-9-3-8-36-7-2-4-18(36)15-37)32-16-33-27(20)35-28-31-14-19(41-28)11-26(38)34-17-5-6-21(29)22(30)10-17/h5-6,10,12-14,16,18,37H,2-4,7-9,11,15H2,1H3,(H,34,38)(H,31,32,33,35)/t18-/m0/s1. The molecule has 3 heterocycles. The first-order valence-electron chi connectivity index (χ1n) is 13.2. The fourth-order valence-corrected chi connectivity index (χ4v) is 5.58. The van der Waals surface area contributed by atoms with Crippen LogP contribution in [0.3, 0.4) is 0 Å². The predicted octanol–water partition coefficient (Wildman–Crippen LogP) is 4.52. The minimum Gasteiger partial charge on any atom is -0.493 e. The number of thiazole rings is 1. The van der Waals surface area contributed by atoms with Crippen LogP contribution in [0.4, 0.5) is 25.4 Å². The molecule has 3 N–H and O–H groups in total. The van der Waals surface area contributed by atoms with Gasteiger partial charge in [0.25, 0.3) is 0 Å². The molecule has 13 heteroatoms. The Labute approximate surface area is 239 Å². The van der Waals surface area contributed by atoms with Gasteiger partial charge in [-0.05, 0) is 44.0 Å². The van der Waals surface area contributed by atoms with Crippen LogP contribution in [0.5, 0.6) is 11.5 Å². The zero-order valence-corrected chi connectivity index (χ0v) is 23.2. The molecule has 0 saturated carbocycles. The van der Waals surface area contributed by atoms with E-state index in [1.807, 2.05) is 6.07 Å². The van der Waals surface area contributed by atoms with Gasteiger partial charge in [0.2, 0.25) is 5.91 Å². The number of nitrogens with zero attached hydrogens (tertiary/aromatic N) is 4. The largest absolute Gasteiger partial charge is 0.493 e. The van der Waals surface area contributed by atoms with Gasteiger partial charge in [0, 0.05) is 46.9 Å². The molecule has 41 heavy (non-hydrogen) atoms. The molecule has 2 aromatic heterocycles. The predicted molar refractivity (Wildman–Crippen MR) is 152 cm³/mol. The Balaban J connectivity index is 1.21. The molecule has 4 aromatic rings. The first-order chi connectivity index (χ1) is 19.9. The number of anilines is 3. The maximum Gasteiger partial charge on any atom is 0.229 e. The van der Waals surface area contributed by atoms with Gasteiger partial charge in [-0.3, -0.25) is 9.69 Å². The van der Waals surface area contributed by atoms with E-state index in [9.17, 15) is 18.7 Å². The van der Waals surface area contributed by atoms with Gasteiger partial charge in [-0.2, -0.15) is 0 Å². The molecule has 1 saturated heterocycles. The zero-order valence-electron chi connectivity index (χ0n) is 22.4.